The van der Waals surface area contributed by atoms with Crippen LogP contribution in [0.2, 0.25) is 0 Å². The number of carbonyl (C=O) groups is 4. The number of allylic oxidation sites excluding steroid dienone is 2. The first-order valence-electron chi connectivity index (χ1n) is 13.9. The van der Waals surface area contributed by atoms with E-state index in [1.165, 1.54) is 30.0 Å². The monoisotopic (exact) mass is 614 g/mol. The lowest BCUT2D eigenvalue weighted by molar-refractivity contribution is -0.146. The number of nitrogens with one attached hydrogen (secondary N) is 2. The third-order valence-electron chi connectivity index (χ3n) is 7.63. The lowest BCUT2D eigenvalue weighted by atomic mass is 9.82. The number of carboxylic acid groups (broad SMARTS) is 1. The van der Waals surface area contributed by atoms with Gasteiger partial charge in [-0.3, -0.25) is 19.2 Å². The van der Waals surface area contributed by atoms with Crippen LogP contribution in [-0.4, -0.2) is 40.2 Å². The molecular weight excluding hydrogens is 585 g/mol. The Morgan fingerprint density at radius 3 is 2.49 bits per heavy atom. The molecule has 220 valence electrons. The number of nitrogens with zero attached hydrogens (tertiary/aromatic N) is 2. The van der Waals surface area contributed by atoms with Crippen molar-refractivity contribution in [2.45, 2.75) is 42.9 Å². The lowest BCUT2D eigenvalue weighted by Crippen LogP contribution is -2.34. The Labute approximate surface area is 257 Å². The predicted molar refractivity (Wildman–Crippen MR) is 166 cm³/mol. The summed E-state index contributed by atoms with van der Waals surface area (Å²) in [6, 6.07) is 18.7. The zero-order valence-electron chi connectivity index (χ0n) is 23.4. The molecule has 0 bridgehead atoms. The van der Waals surface area contributed by atoms with Crippen LogP contribution in [0.3, 0.4) is 0 Å². The molecule has 2 aromatic carbocycles. The Morgan fingerprint density at radius 2 is 1.79 bits per heavy atom. The fraction of sp³-hybridized carbons (Fsp3) is 0.281. The van der Waals surface area contributed by atoms with Gasteiger partial charge < -0.3 is 20.6 Å². The number of nitriles is 1. The second-order valence-electron chi connectivity index (χ2n) is 10.4. The highest BCUT2D eigenvalue weighted by Gasteiger charge is 2.34. The topological polar surface area (TPSA) is 140 Å². The summed E-state index contributed by atoms with van der Waals surface area (Å²) < 4.78 is 0. The maximum Gasteiger partial charge on any atom is 0.307 e. The molecule has 1 aromatic heterocycles. The molecule has 0 fully saturated rings. The van der Waals surface area contributed by atoms with Crippen molar-refractivity contribution in [3.63, 3.8) is 0 Å². The maximum absolute atomic E-state index is 13.8. The Balaban J connectivity index is 1.36. The molecule has 2 heterocycles. The number of aliphatic carboxylic acids is 1. The van der Waals surface area contributed by atoms with Crippen molar-refractivity contribution < 1.29 is 24.3 Å². The molecule has 5 rings (SSSR count). The van der Waals surface area contributed by atoms with E-state index in [1.54, 1.807) is 29.2 Å². The third kappa shape index (κ3) is 6.82. The number of benzene rings is 2. The van der Waals surface area contributed by atoms with Crippen LogP contribution in [0, 0.1) is 23.2 Å². The van der Waals surface area contributed by atoms with E-state index in [1.807, 2.05) is 42.5 Å². The molecule has 3 aromatic rings. The third-order valence-corrected chi connectivity index (χ3v) is 10.0. The van der Waals surface area contributed by atoms with Gasteiger partial charge in [0.15, 0.2) is 0 Å². The van der Waals surface area contributed by atoms with Crippen molar-refractivity contribution in [1.82, 2.24) is 4.90 Å². The molecule has 3 atom stereocenters. The second-order valence-corrected chi connectivity index (χ2v) is 12.7. The highest BCUT2D eigenvalue weighted by atomic mass is 32.2. The number of carboxylic acids is 1. The summed E-state index contributed by atoms with van der Waals surface area (Å²) in [7, 11) is 0. The van der Waals surface area contributed by atoms with Crippen molar-refractivity contribution in [3.05, 3.63) is 88.3 Å². The van der Waals surface area contributed by atoms with Gasteiger partial charge in [-0.15, -0.1) is 23.1 Å². The summed E-state index contributed by atoms with van der Waals surface area (Å²) in [6.45, 7) is 2.47. The first-order chi connectivity index (χ1) is 20.7. The molecule has 11 heteroatoms. The van der Waals surface area contributed by atoms with Gasteiger partial charge in [0.1, 0.15) is 16.3 Å². The number of amides is 3. The van der Waals surface area contributed by atoms with Gasteiger partial charge in [0.2, 0.25) is 17.7 Å². The second kappa shape index (κ2) is 13.3. The van der Waals surface area contributed by atoms with Crippen LogP contribution >= 0.6 is 23.1 Å². The van der Waals surface area contributed by atoms with Crippen LogP contribution in [0.4, 0.5) is 10.7 Å². The van der Waals surface area contributed by atoms with Crippen LogP contribution < -0.4 is 10.6 Å². The maximum atomic E-state index is 13.8. The average Bonchev–Trinajstić information content (AvgIpc) is 3.36. The van der Waals surface area contributed by atoms with Crippen LogP contribution in [0.25, 0.3) is 0 Å². The standard InChI is InChI=1S/C32H30N4O5S2/c1-19(37)36-15-14-23-26(17-33)31(43-27(23)18-36)35-30(39)28(20-8-3-2-4-9-20)42-22-11-7-10-21(16-22)34-29(38)24-12-5-6-13-25(24)32(40)41/h2-11,16,24-25,28H,12-15,18H2,1H3,(H,34,38)(H,35,39)(H,40,41). The van der Waals surface area contributed by atoms with Gasteiger partial charge in [0.05, 0.1) is 23.9 Å². The highest BCUT2D eigenvalue weighted by Crippen LogP contribution is 2.41. The highest BCUT2D eigenvalue weighted by molar-refractivity contribution is 8.00. The molecule has 2 aliphatic rings. The minimum Gasteiger partial charge on any atom is -0.481 e. The normalized spacial score (nSPS) is 18.2. The van der Waals surface area contributed by atoms with Crippen molar-refractivity contribution in [1.29, 1.82) is 5.26 Å². The van der Waals surface area contributed by atoms with Gasteiger partial charge in [-0.2, -0.15) is 5.26 Å². The zero-order chi connectivity index (χ0) is 30.5. The molecule has 43 heavy (non-hydrogen) atoms. The molecule has 1 aliphatic heterocycles. The smallest absolute Gasteiger partial charge is 0.307 e. The fourth-order valence-corrected chi connectivity index (χ4v) is 7.65. The van der Waals surface area contributed by atoms with E-state index >= 15 is 0 Å². The van der Waals surface area contributed by atoms with E-state index < -0.39 is 23.1 Å². The average molecular weight is 615 g/mol. The first kappa shape index (κ1) is 30.1. The van der Waals surface area contributed by atoms with Gasteiger partial charge in [0, 0.05) is 28.9 Å². The molecule has 0 saturated heterocycles. The number of anilines is 2. The van der Waals surface area contributed by atoms with Crippen molar-refractivity contribution in [2.24, 2.45) is 11.8 Å². The molecule has 1 aliphatic carbocycles. The molecule has 3 unspecified atom stereocenters. The first-order valence-corrected chi connectivity index (χ1v) is 15.6. The van der Waals surface area contributed by atoms with Gasteiger partial charge in [-0.05, 0) is 48.6 Å². The van der Waals surface area contributed by atoms with Crippen molar-refractivity contribution in [3.8, 4) is 6.07 Å². The molecular formula is C32H30N4O5S2. The Hall–Kier alpha value is -4.40. The van der Waals surface area contributed by atoms with Gasteiger partial charge in [0.25, 0.3) is 0 Å². The number of thioether (sulfide) groups is 1. The van der Waals surface area contributed by atoms with E-state index in [2.05, 4.69) is 16.7 Å². The van der Waals surface area contributed by atoms with Gasteiger partial charge >= 0.3 is 5.97 Å². The number of rotatable bonds is 8. The van der Waals surface area contributed by atoms with E-state index in [-0.39, 0.29) is 17.7 Å². The summed E-state index contributed by atoms with van der Waals surface area (Å²) in [5.74, 6) is -3.13. The van der Waals surface area contributed by atoms with Crippen LogP contribution in [0.15, 0.2) is 71.6 Å². The number of thiophene rings is 1. The minimum atomic E-state index is -0.993. The summed E-state index contributed by atoms with van der Waals surface area (Å²) in [6.07, 6.45) is 4.86. The number of hydrogen-bond acceptors (Lipinski definition) is 7. The summed E-state index contributed by atoms with van der Waals surface area (Å²) in [5.41, 5.74) is 2.59. The summed E-state index contributed by atoms with van der Waals surface area (Å²) >= 11 is 2.63. The van der Waals surface area contributed by atoms with E-state index in [0.29, 0.717) is 48.6 Å². The summed E-state index contributed by atoms with van der Waals surface area (Å²) in [5, 5.41) is 25.1. The fourth-order valence-electron chi connectivity index (χ4n) is 5.35. The largest absolute Gasteiger partial charge is 0.481 e. The summed E-state index contributed by atoms with van der Waals surface area (Å²) in [4.78, 5) is 53.8. The van der Waals surface area contributed by atoms with Gasteiger partial charge in [-0.1, -0.05) is 48.6 Å². The molecule has 3 N–H and O–H groups in total. The van der Waals surface area contributed by atoms with Crippen LogP contribution in [0.5, 0.6) is 0 Å². The van der Waals surface area contributed by atoms with Crippen molar-refractivity contribution >= 4 is 57.5 Å². The van der Waals surface area contributed by atoms with Gasteiger partial charge in [-0.25, -0.2) is 0 Å². The van der Waals surface area contributed by atoms with Crippen LogP contribution in [-0.2, 0) is 32.1 Å². The zero-order valence-corrected chi connectivity index (χ0v) is 25.0. The molecule has 0 spiro atoms. The number of carbonyl (C=O) groups excluding carboxylic acids is 3. The van der Waals surface area contributed by atoms with E-state index in [4.69, 9.17) is 0 Å². The predicted octanol–water partition coefficient (Wildman–Crippen LogP) is 5.60. The van der Waals surface area contributed by atoms with E-state index in [9.17, 15) is 29.5 Å². The van der Waals surface area contributed by atoms with Crippen LogP contribution in [0.1, 0.15) is 46.6 Å². The molecule has 0 saturated carbocycles. The lowest BCUT2D eigenvalue weighted by Gasteiger charge is -2.25. The quantitative estimate of drug-likeness (QED) is 0.222. The Bertz CT molecular complexity index is 1630. The van der Waals surface area contributed by atoms with Crippen molar-refractivity contribution in [2.75, 3.05) is 17.2 Å². The Morgan fingerprint density at radius 1 is 1.05 bits per heavy atom. The number of hydrogen-bond donors (Lipinski definition) is 3. The Kier molecular flexibility index (Phi) is 9.28. The SMILES string of the molecule is CC(=O)N1CCc2c(sc(NC(=O)C(Sc3cccc(NC(=O)C4CC=CCC4C(=O)O)c3)c3ccccc3)c2C#N)C1. The molecule has 3 amide bonds. The molecule has 0 radical (unpaired) electrons. The minimum absolute atomic E-state index is 0.0283. The number of fused-ring (bicyclic) bond motifs is 1. The molecule has 9 nitrogen and oxygen atoms in total. The van der Waals surface area contributed by atoms with E-state index in [0.717, 1.165) is 20.9 Å².